The quantitative estimate of drug-likeness (QED) is 0.613. The van der Waals surface area contributed by atoms with Crippen LogP contribution in [0.3, 0.4) is 0 Å². The molecule has 8 nitrogen and oxygen atoms in total. The summed E-state index contributed by atoms with van der Waals surface area (Å²) in [5.41, 5.74) is 0. The molecule has 1 amide bonds. The van der Waals surface area contributed by atoms with Crippen LogP contribution in [0.1, 0.15) is 43.9 Å². The molecule has 0 saturated carbocycles. The van der Waals surface area contributed by atoms with E-state index in [0.717, 1.165) is 35.9 Å². The number of aromatic nitrogens is 4. The normalized spacial score (nSPS) is 18.7. The van der Waals surface area contributed by atoms with E-state index in [4.69, 9.17) is 4.52 Å². The van der Waals surface area contributed by atoms with Crippen LogP contribution in [-0.4, -0.2) is 50.0 Å². The number of piperidine rings is 1. The largest absolute Gasteiger partial charge is 0.338 e. The lowest BCUT2D eigenvalue weighted by atomic mass is 10.0. The van der Waals surface area contributed by atoms with E-state index < -0.39 is 0 Å². The molecule has 0 aromatic carbocycles. The van der Waals surface area contributed by atoms with Gasteiger partial charge in [0.05, 0.1) is 12.6 Å². The highest BCUT2D eigenvalue weighted by atomic mass is 32.2. The molecule has 0 aliphatic carbocycles. The molecule has 2 aromatic heterocycles. The van der Waals surface area contributed by atoms with Gasteiger partial charge >= 0.3 is 0 Å². The third-order valence-electron chi connectivity index (χ3n) is 3.71. The number of likely N-dealkylation sites (tertiary alicyclic amines) is 1. The van der Waals surface area contributed by atoms with Crippen molar-refractivity contribution >= 4 is 34.1 Å². The standard InChI is InChI=1S/C14H20N6O2S2/c1-3-23-14-18-17-13(24-14)16-11(21)8-20-7-5-4-6-10(20)12-15-9(2)19-22-12/h10H,3-8H2,1-2H3,(H,16,17,21). The molecule has 0 spiro atoms. The molecule has 0 radical (unpaired) electrons. The number of carbonyl (C=O) groups excluding carboxylic acids is 1. The molecule has 1 N–H and O–H groups in total. The number of nitrogens with one attached hydrogen (secondary N) is 1. The molecule has 10 heteroatoms. The number of nitrogens with zero attached hydrogens (tertiary/aromatic N) is 5. The number of thioether (sulfide) groups is 1. The van der Waals surface area contributed by atoms with E-state index >= 15 is 0 Å². The average molecular weight is 368 g/mol. The van der Waals surface area contributed by atoms with E-state index in [1.807, 2.05) is 0 Å². The van der Waals surface area contributed by atoms with Crippen molar-refractivity contribution in [3.63, 3.8) is 0 Å². The molecule has 1 fully saturated rings. The highest BCUT2D eigenvalue weighted by Crippen LogP contribution is 2.30. The Balaban J connectivity index is 1.60. The number of amides is 1. The summed E-state index contributed by atoms with van der Waals surface area (Å²) < 4.78 is 6.17. The zero-order valence-corrected chi connectivity index (χ0v) is 15.3. The first kappa shape index (κ1) is 17.3. The molecule has 3 heterocycles. The van der Waals surface area contributed by atoms with E-state index in [1.54, 1.807) is 18.7 Å². The fraction of sp³-hybridized carbons (Fsp3) is 0.643. The summed E-state index contributed by atoms with van der Waals surface area (Å²) in [5, 5.41) is 15.3. The van der Waals surface area contributed by atoms with Crippen LogP contribution in [0.4, 0.5) is 5.13 Å². The van der Waals surface area contributed by atoms with Crippen molar-refractivity contribution < 1.29 is 9.32 Å². The van der Waals surface area contributed by atoms with Gasteiger partial charge in [0, 0.05) is 0 Å². The highest BCUT2D eigenvalue weighted by molar-refractivity contribution is 8.01. The SMILES string of the molecule is CCSc1nnc(NC(=O)CN2CCCCC2c2nc(C)no2)s1. The molecule has 24 heavy (non-hydrogen) atoms. The monoisotopic (exact) mass is 368 g/mol. The van der Waals surface area contributed by atoms with Gasteiger partial charge in [0.2, 0.25) is 16.9 Å². The van der Waals surface area contributed by atoms with Crippen LogP contribution < -0.4 is 5.32 Å². The first-order chi connectivity index (χ1) is 11.7. The van der Waals surface area contributed by atoms with Gasteiger partial charge in [-0.3, -0.25) is 15.0 Å². The number of aryl methyl sites for hydroxylation is 1. The molecular weight excluding hydrogens is 348 g/mol. The van der Waals surface area contributed by atoms with Gasteiger partial charge in [-0.1, -0.05) is 41.6 Å². The second-order valence-corrected chi connectivity index (χ2v) is 8.00. The van der Waals surface area contributed by atoms with Crippen LogP contribution in [0.15, 0.2) is 8.86 Å². The molecular formula is C14H20N6O2S2. The Labute approximate surface area is 148 Å². The third-order valence-corrected chi connectivity index (χ3v) is 5.56. The van der Waals surface area contributed by atoms with Crippen molar-refractivity contribution in [3.05, 3.63) is 11.7 Å². The molecule has 1 aliphatic rings. The minimum absolute atomic E-state index is 0.00586. The smallest absolute Gasteiger partial charge is 0.243 e. The highest BCUT2D eigenvalue weighted by Gasteiger charge is 2.30. The zero-order valence-electron chi connectivity index (χ0n) is 13.7. The summed E-state index contributed by atoms with van der Waals surface area (Å²) in [7, 11) is 0. The zero-order chi connectivity index (χ0) is 16.9. The van der Waals surface area contributed by atoms with Crippen LogP contribution in [0.25, 0.3) is 0 Å². The van der Waals surface area contributed by atoms with Crippen molar-refractivity contribution in [3.8, 4) is 0 Å². The number of hydrogen-bond donors (Lipinski definition) is 1. The Morgan fingerprint density at radius 3 is 3.08 bits per heavy atom. The van der Waals surface area contributed by atoms with Crippen LogP contribution in [0, 0.1) is 6.92 Å². The Morgan fingerprint density at radius 1 is 1.46 bits per heavy atom. The van der Waals surface area contributed by atoms with Gasteiger partial charge < -0.3 is 4.52 Å². The second-order valence-electron chi connectivity index (χ2n) is 5.52. The maximum atomic E-state index is 12.3. The number of anilines is 1. The summed E-state index contributed by atoms with van der Waals surface area (Å²) in [6, 6.07) is 0.00586. The maximum Gasteiger partial charge on any atom is 0.243 e. The fourth-order valence-corrected chi connectivity index (χ4v) is 4.36. The lowest BCUT2D eigenvalue weighted by molar-refractivity contribution is -0.118. The molecule has 1 unspecified atom stereocenters. The predicted molar refractivity (Wildman–Crippen MR) is 92.1 cm³/mol. The Hall–Kier alpha value is -1.52. The van der Waals surface area contributed by atoms with Crippen LogP contribution in [0.5, 0.6) is 0 Å². The van der Waals surface area contributed by atoms with Crippen molar-refractivity contribution in [1.29, 1.82) is 0 Å². The van der Waals surface area contributed by atoms with Crippen molar-refractivity contribution in [2.75, 3.05) is 24.2 Å². The van der Waals surface area contributed by atoms with Crippen molar-refractivity contribution in [1.82, 2.24) is 25.2 Å². The van der Waals surface area contributed by atoms with Gasteiger partial charge in [-0.15, -0.1) is 10.2 Å². The van der Waals surface area contributed by atoms with Gasteiger partial charge in [-0.05, 0) is 32.1 Å². The lowest BCUT2D eigenvalue weighted by Crippen LogP contribution is -2.39. The lowest BCUT2D eigenvalue weighted by Gasteiger charge is -2.32. The average Bonchev–Trinajstić information content (AvgIpc) is 3.17. The molecule has 1 atom stereocenters. The minimum atomic E-state index is -0.0951. The van der Waals surface area contributed by atoms with Crippen LogP contribution >= 0.6 is 23.1 Å². The predicted octanol–water partition coefficient (Wildman–Crippen LogP) is 2.51. The Morgan fingerprint density at radius 2 is 2.33 bits per heavy atom. The first-order valence-electron chi connectivity index (χ1n) is 7.96. The topological polar surface area (TPSA) is 97.0 Å². The van der Waals surface area contributed by atoms with Crippen molar-refractivity contribution in [2.24, 2.45) is 0 Å². The minimum Gasteiger partial charge on any atom is -0.338 e. The van der Waals surface area contributed by atoms with Crippen LogP contribution in [-0.2, 0) is 4.79 Å². The summed E-state index contributed by atoms with van der Waals surface area (Å²) in [5.74, 6) is 2.05. The molecule has 3 rings (SSSR count). The second kappa shape index (κ2) is 8.04. The summed E-state index contributed by atoms with van der Waals surface area (Å²) in [6.07, 6.45) is 3.08. The van der Waals surface area contributed by atoms with Gasteiger partial charge in [-0.2, -0.15) is 4.98 Å². The summed E-state index contributed by atoms with van der Waals surface area (Å²) in [6.45, 7) is 4.97. The van der Waals surface area contributed by atoms with E-state index in [1.165, 1.54) is 11.3 Å². The third kappa shape index (κ3) is 4.31. The van der Waals surface area contributed by atoms with Gasteiger partial charge in [-0.25, -0.2) is 0 Å². The Bertz CT molecular complexity index is 688. The number of rotatable bonds is 6. The Kier molecular flexibility index (Phi) is 5.80. The summed E-state index contributed by atoms with van der Waals surface area (Å²) >= 11 is 3.01. The fourth-order valence-electron chi connectivity index (χ4n) is 2.69. The molecule has 1 saturated heterocycles. The molecule has 130 valence electrons. The van der Waals surface area contributed by atoms with Gasteiger partial charge in [0.1, 0.15) is 0 Å². The number of hydrogen-bond acceptors (Lipinski definition) is 9. The van der Waals surface area contributed by atoms with Crippen LogP contribution in [0.2, 0.25) is 0 Å². The van der Waals surface area contributed by atoms with Gasteiger partial charge in [0.15, 0.2) is 10.2 Å². The van der Waals surface area contributed by atoms with Gasteiger partial charge in [0.25, 0.3) is 0 Å². The van der Waals surface area contributed by atoms with E-state index in [0.29, 0.717) is 16.8 Å². The first-order valence-corrected chi connectivity index (χ1v) is 9.76. The molecule has 1 aliphatic heterocycles. The molecule has 2 aromatic rings. The van der Waals surface area contributed by atoms with E-state index in [-0.39, 0.29) is 18.5 Å². The number of carbonyl (C=O) groups is 1. The van der Waals surface area contributed by atoms with E-state index in [2.05, 4.69) is 37.5 Å². The molecule has 0 bridgehead atoms. The van der Waals surface area contributed by atoms with Crippen molar-refractivity contribution in [2.45, 2.75) is 43.5 Å². The summed E-state index contributed by atoms with van der Waals surface area (Å²) in [4.78, 5) is 18.8. The maximum absolute atomic E-state index is 12.3. The van der Waals surface area contributed by atoms with E-state index in [9.17, 15) is 4.79 Å².